The van der Waals surface area contributed by atoms with Gasteiger partial charge < -0.3 is 4.57 Å². The van der Waals surface area contributed by atoms with Crippen LogP contribution in [0.5, 0.6) is 0 Å². The number of aromatic nitrogens is 3. The van der Waals surface area contributed by atoms with Crippen LogP contribution in [0.3, 0.4) is 0 Å². The van der Waals surface area contributed by atoms with Crippen LogP contribution in [0.25, 0.3) is 0 Å². The van der Waals surface area contributed by atoms with Crippen molar-refractivity contribution in [3.63, 3.8) is 0 Å². The minimum atomic E-state index is 0.687. The van der Waals surface area contributed by atoms with Gasteiger partial charge in [0.1, 0.15) is 12.2 Å². The van der Waals surface area contributed by atoms with Gasteiger partial charge in [0, 0.05) is 29.8 Å². The first-order valence-electron chi connectivity index (χ1n) is 6.72. The summed E-state index contributed by atoms with van der Waals surface area (Å²) in [6.45, 7) is 4.21. The van der Waals surface area contributed by atoms with E-state index in [1.54, 1.807) is 0 Å². The van der Waals surface area contributed by atoms with Gasteiger partial charge in [-0.25, -0.2) is 0 Å². The zero-order chi connectivity index (χ0) is 12.7. The van der Waals surface area contributed by atoms with Crippen LogP contribution in [0.1, 0.15) is 11.4 Å². The van der Waals surface area contributed by atoms with E-state index in [1.165, 1.54) is 16.9 Å². The summed E-state index contributed by atoms with van der Waals surface area (Å²) in [7, 11) is 0. The molecule has 0 radical (unpaired) electrons. The quantitative estimate of drug-likeness (QED) is 0.835. The molecule has 1 aromatic heterocycles. The predicted molar refractivity (Wildman–Crippen MR) is 75.1 cm³/mol. The molecule has 2 aliphatic rings. The Balaban J connectivity index is 1.42. The van der Waals surface area contributed by atoms with Crippen molar-refractivity contribution in [2.24, 2.45) is 0 Å². The van der Waals surface area contributed by atoms with Gasteiger partial charge in [0.15, 0.2) is 0 Å². The highest BCUT2D eigenvalue weighted by Crippen LogP contribution is 2.37. The molecule has 2 aromatic rings. The number of rotatable bonds is 2. The molecular formula is C14H16N4S. The number of hydrogen-bond donors (Lipinski definition) is 0. The van der Waals surface area contributed by atoms with E-state index < -0.39 is 0 Å². The third-order valence-electron chi connectivity index (χ3n) is 3.89. The molecule has 1 atom stereocenters. The number of nitrogens with zero attached hydrogens (tertiary/aromatic N) is 4. The van der Waals surface area contributed by atoms with Crippen molar-refractivity contribution in [2.75, 3.05) is 13.1 Å². The van der Waals surface area contributed by atoms with Crippen LogP contribution in [0.4, 0.5) is 0 Å². The van der Waals surface area contributed by atoms with Gasteiger partial charge in [-0.05, 0) is 18.1 Å². The average molecular weight is 272 g/mol. The molecule has 98 valence electrons. The Morgan fingerprint density at radius 2 is 2.21 bits per heavy atom. The fraction of sp³-hybridized carbons (Fsp3) is 0.429. The number of fused-ring (bicyclic) bond motifs is 2. The van der Waals surface area contributed by atoms with Gasteiger partial charge in [0.2, 0.25) is 0 Å². The highest BCUT2D eigenvalue weighted by Gasteiger charge is 2.26. The molecule has 0 fully saturated rings. The van der Waals surface area contributed by atoms with Crippen molar-refractivity contribution in [3.05, 3.63) is 42.0 Å². The first-order valence-corrected chi connectivity index (χ1v) is 7.60. The van der Waals surface area contributed by atoms with Gasteiger partial charge >= 0.3 is 0 Å². The van der Waals surface area contributed by atoms with Crippen LogP contribution in [0.2, 0.25) is 0 Å². The topological polar surface area (TPSA) is 34.0 Å². The molecule has 19 heavy (non-hydrogen) atoms. The Morgan fingerprint density at radius 1 is 1.26 bits per heavy atom. The van der Waals surface area contributed by atoms with Crippen molar-refractivity contribution in [3.8, 4) is 0 Å². The van der Waals surface area contributed by atoms with Crippen LogP contribution < -0.4 is 0 Å². The second kappa shape index (κ2) is 4.65. The lowest BCUT2D eigenvalue weighted by Crippen LogP contribution is -2.37. The van der Waals surface area contributed by atoms with E-state index in [2.05, 4.69) is 43.9 Å². The molecule has 0 spiro atoms. The Morgan fingerprint density at radius 3 is 3.16 bits per heavy atom. The lowest BCUT2D eigenvalue weighted by atomic mass is 10.1. The lowest BCUT2D eigenvalue weighted by Gasteiger charge is -2.28. The number of thioether (sulfide) groups is 1. The van der Waals surface area contributed by atoms with E-state index >= 15 is 0 Å². The van der Waals surface area contributed by atoms with Gasteiger partial charge in [0.05, 0.1) is 6.54 Å². The maximum absolute atomic E-state index is 4.19. The Bertz CT molecular complexity index is 570. The SMILES string of the molecule is c1ccc2c(c1)CC(CN1CCn3cnnc3C1)S2. The summed E-state index contributed by atoms with van der Waals surface area (Å²) in [6.07, 6.45) is 3.04. The van der Waals surface area contributed by atoms with Crippen molar-refractivity contribution >= 4 is 11.8 Å². The number of benzene rings is 1. The summed E-state index contributed by atoms with van der Waals surface area (Å²) in [5, 5.41) is 8.86. The van der Waals surface area contributed by atoms with E-state index in [0.717, 1.165) is 32.0 Å². The summed E-state index contributed by atoms with van der Waals surface area (Å²) < 4.78 is 2.16. The zero-order valence-corrected chi connectivity index (χ0v) is 11.5. The molecule has 4 nitrogen and oxygen atoms in total. The third kappa shape index (κ3) is 2.17. The average Bonchev–Trinajstić information content (AvgIpc) is 3.03. The molecule has 0 saturated heterocycles. The molecule has 3 heterocycles. The second-order valence-electron chi connectivity index (χ2n) is 5.23. The predicted octanol–water partition coefficient (Wildman–Crippen LogP) is 1.81. The Labute approximate surface area is 116 Å². The summed E-state index contributed by atoms with van der Waals surface area (Å²) in [4.78, 5) is 3.97. The first kappa shape index (κ1) is 11.5. The molecule has 0 saturated carbocycles. The summed E-state index contributed by atoms with van der Waals surface area (Å²) in [6, 6.07) is 8.78. The first-order chi connectivity index (χ1) is 9.38. The third-order valence-corrected chi connectivity index (χ3v) is 5.19. The van der Waals surface area contributed by atoms with Gasteiger partial charge in [-0.1, -0.05) is 18.2 Å². The van der Waals surface area contributed by atoms with Crippen molar-refractivity contribution < 1.29 is 0 Å². The molecule has 4 rings (SSSR count). The number of hydrogen-bond acceptors (Lipinski definition) is 4. The monoisotopic (exact) mass is 272 g/mol. The molecule has 0 aliphatic carbocycles. The van der Waals surface area contributed by atoms with Crippen LogP contribution in [0, 0.1) is 0 Å². The molecular weight excluding hydrogens is 256 g/mol. The van der Waals surface area contributed by atoms with Gasteiger partial charge in [-0.3, -0.25) is 4.90 Å². The summed E-state index contributed by atoms with van der Waals surface area (Å²) >= 11 is 2.03. The zero-order valence-electron chi connectivity index (χ0n) is 10.7. The van der Waals surface area contributed by atoms with Crippen molar-refractivity contribution in [1.29, 1.82) is 0 Å². The minimum absolute atomic E-state index is 0.687. The summed E-state index contributed by atoms with van der Waals surface area (Å²) in [5.41, 5.74) is 1.51. The maximum atomic E-state index is 4.19. The van der Waals surface area contributed by atoms with Crippen LogP contribution in [-0.2, 0) is 19.5 Å². The standard InChI is InChI=1S/C14H16N4S/c1-2-4-13-11(3-1)7-12(19-13)8-17-5-6-18-10-15-16-14(18)9-17/h1-4,10,12H,5-9H2. The molecule has 1 unspecified atom stereocenters. The highest BCUT2D eigenvalue weighted by molar-refractivity contribution is 8.00. The Kier molecular flexibility index (Phi) is 2.81. The lowest BCUT2D eigenvalue weighted by molar-refractivity contribution is 0.218. The molecule has 5 heteroatoms. The maximum Gasteiger partial charge on any atom is 0.147 e. The normalized spacial score (nSPS) is 22.2. The smallest absolute Gasteiger partial charge is 0.147 e. The van der Waals surface area contributed by atoms with Gasteiger partial charge in [-0.15, -0.1) is 22.0 Å². The molecule has 0 N–H and O–H groups in total. The highest BCUT2D eigenvalue weighted by atomic mass is 32.2. The van der Waals surface area contributed by atoms with Crippen molar-refractivity contribution in [2.45, 2.75) is 29.7 Å². The van der Waals surface area contributed by atoms with E-state index in [1.807, 2.05) is 18.1 Å². The van der Waals surface area contributed by atoms with Crippen LogP contribution in [-0.4, -0.2) is 38.0 Å². The van der Waals surface area contributed by atoms with Crippen molar-refractivity contribution in [1.82, 2.24) is 19.7 Å². The Hall–Kier alpha value is -1.33. The van der Waals surface area contributed by atoms with Gasteiger partial charge in [0.25, 0.3) is 0 Å². The fourth-order valence-electron chi connectivity index (χ4n) is 2.92. The van der Waals surface area contributed by atoms with E-state index in [4.69, 9.17) is 0 Å². The van der Waals surface area contributed by atoms with Crippen LogP contribution in [0.15, 0.2) is 35.5 Å². The van der Waals surface area contributed by atoms with Crippen LogP contribution >= 0.6 is 11.8 Å². The largest absolute Gasteiger partial charge is 0.315 e. The van der Waals surface area contributed by atoms with E-state index in [0.29, 0.717) is 5.25 Å². The minimum Gasteiger partial charge on any atom is -0.315 e. The molecule has 2 aliphatic heterocycles. The molecule has 1 aromatic carbocycles. The molecule has 0 amide bonds. The van der Waals surface area contributed by atoms with Gasteiger partial charge in [-0.2, -0.15) is 0 Å². The fourth-order valence-corrected chi connectivity index (χ4v) is 4.28. The van der Waals surface area contributed by atoms with E-state index in [-0.39, 0.29) is 0 Å². The van der Waals surface area contributed by atoms with E-state index in [9.17, 15) is 0 Å². The second-order valence-corrected chi connectivity index (χ2v) is 6.57. The summed E-state index contributed by atoms with van der Waals surface area (Å²) in [5.74, 6) is 1.10. The molecule has 0 bridgehead atoms.